The van der Waals surface area contributed by atoms with Gasteiger partial charge in [-0.25, -0.2) is 4.79 Å². The van der Waals surface area contributed by atoms with Crippen LogP contribution in [0.4, 0.5) is 4.79 Å². The lowest BCUT2D eigenvalue weighted by Crippen LogP contribution is -2.35. The minimum absolute atomic E-state index is 0.0328. The van der Waals surface area contributed by atoms with Crippen LogP contribution in [-0.2, 0) is 22.6 Å². The van der Waals surface area contributed by atoms with Crippen LogP contribution in [0.1, 0.15) is 76.5 Å². The molecule has 0 bridgehead atoms. The summed E-state index contributed by atoms with van der Waals surface area (Å²) in [6, 6.07) is 5.73. The zero-order chi connectivity index (χ0) is 23.8. The van der Waals surface area contributed by atoms with E-state index >= 15 is 0 Å². The van der Waals surface area contributed by atoms with Crippen LogP contribution in [0.5, 0.6) is 0 Å². The molecule has 1 aliphatic carbocycles. The third-order valence-corrected chi connectivity index (χ3v) is 6.34. The number of rotatable bonds is 4. The number of aliphatic hydroxyl groups is 1. The molecule has 8 nitrogen and oxygen atoms in total. The normalized spacial score (nSPS) is 21.7. The highest BCUT2D eigenvalue weighted by molar-refractivity contribution is 6.30. The second kappa shape index (κ2) is 9.60. The van der Waals surface area contributed by atoms with E-state index in [-0.39, 0.29) is 30.8 Å². The number of fused-ring (bicyclic) bond motifs is 3. The first-order valence-corrected chi connectivity index (χ1v) is 12.0. The van der Waals surface area contributed by atoms with Crippen LogP contribution in [0.2, 0.25) is 5.02 Å². The Balaban J connectivity index is 1.62. The summed E-state index contributed by atoms with van der Waals surface area (Å²) in [7, 11) is 0. The van der Waals surface area contributed by atoms with Crippen molar-refractivity contribution in [2.75, 3.05) is 6.61 Å². The van der Waals surface area contributed by atoms with Gasteiger partial charge in [0, 0.05) is 10.9 Å². The van der Waals surface area contributed by atoms with Gasteiger partial charge in [-0.05, 0) is 77.1 Å². The van der Waals surface area contributed by atoms with Gasteiger partial charge in [0.25, 0.3) is 0 Å². The van der Waals surface area contributed by atoms with Crippen molar-refractivity contribution in [1.29, 1.82) is 0 Å². The number of ether oxygens (including phenoxy) is 2. The Bertz CT molecular complexity index is 995. The molecule has 1 unspecified atom stereocenters. The average Bonchev–Trinajstić information content (AvgIpc) is 3.08. The van der Waals surface area contributed by atoms with E-state index in [1.807, 2.05) is 45.9 Å². The van der Waals surface area contributed by atoms with E-state index in [0.717, 1.165) is 42.8 Å². The van der Waals surface area contributed by atoms with Crippen LogP contribution in [0.25, 0.3) is 5.69 Å². The van der Waals surface area contributed by atoms with Crippen LogP contribution in [0, 0.1) is 0 Å². The molecular weight excluding hydrogens is 444 g/mol. The van der Waals surface area contributed by atoms with Crippen LogP contribution in [0.15, 0.2) is 18.2 Å². The number of benzene rings is 1. The number of hydrogen-bond acceptors (Lipinski definition) is 6. The molecule has 0 radical (unpaired) electrons. The first-order chi connectivity index (χ1) is 15.6. The Morgan fingerprint density at radius 1 is 1.21 bits per heavy atom. The van der Waals surface area contributed by atoms with Gasteiger partial charge in [-0.1, -0.05) is 11.6 Å². The number of carbonyl (C=O) groups excluding carboxylic acids is 1. The van der Waals surface area contributed by atoms with E-state index in [0.29, 0.717) is 23.9 Å². The summed E-state index contributed by atoms with van der Waals surface area (Å²) in [5.41, 5.74) is 1.29. The number of aromatic nitrogens is 3. The van der Waals surface area contributed by atoms with Gasteiger partial charge in [0.1, 0.15) is 11.4 Å². The van der Waals surface area contributed by atoms with Gasteiger partial charge in [0.05, 0.1) is 37.6 Å². The second-order valence-corrected chi connectivity index (χ2v) is 10.5. The monoisotopic (exact) mass is 476 g/mol. The quantitative estimate of drug-likeness (QED) is 0.693. The van der Waals surface area contributed by atoms with Crippen molar-refractivity contribution in [2.45, 2.75) is 90.2 Å². The first kappa shape index (κ1) is 24.0. The summed E-state index contributed by atoms with van der Waals surface area (Å²) in [4.78, 5) is 14.6. The Morgan fingerprint density at radius 2 is 1.94 bits per heavy atom. The molecule has 1 aliphatic heterocycles. The van der Waals surface area contributed by atoms with Crippen LogP contribution in [0.3, 0.4) is 0 Å². The molecule has 1 atom stereocenters. The molecule has 180 valence electrons. The average molecular weight is 477 g/mol. The van der Waals surface area contributed by atoms with Crippen molar-refractivity contribution in [2.24, 2.45) is 0 Å². The Kier molecular flexibility index (Phi) is 6.98. The minimum atomic E-state index is -0.590. The van der Waals surface area contributed by atoms with Gasteiger partial charge in [-0.3, -0.25) is 9.47 Å². The molecular formula is C24H33ClN4O4. The SMILES string of the molecule is CC(CO)OC1CCC(c2nnc3n2-c2ccc(Cl)cc2CN(C(=O)OC(C)(C)C)C3)CC1. The zero-order valence-corrected chi connectivity index (χ0v) is 20.5. The standard InChI is InChI=1S/C24H33ClN4O4/c1-15(14-30)32-19-8-5-16(6-9-19)22-27-26-21-13-28(23(31)33-24(2,3)4)12-17-11-18(25)7-10-20(17)29(21)22/h7,10-11,15-16,19,30H,5-6,8-9,12-14H2,1-4H3. The molecule has 1 saturated carbocycles. The van der Waals surface area contributed by atoms with Crippen molar-refractivity contribution >= 4 is 17.7 Å². The molecule has 1 N–H and O–H groups in total. The minimum Gasteiger partial charge on any atom is -0.444 e. The highest BCUT2D eigenvalue weighted by atomic mass is 35.5. The molecule has 1 fully saturated rings. The fourth-order valence-electron chi connectivity index (χ4n) is 4.57. The Labute approximate surface area is 199 Å². The zero-order valence-electron chi connectivity index (χ0n) is 19.8. The summed E-state index contributed by atoms with van der Waals surface area (Å²) in [6.45, 7) is 8.18. The van der Waals surface area contributed by atoms with Gasteiger partial charge in [-0.2, -0.15) is 0 Å². The molecule has 4 rings (SSSR count). The van der Waals surface area contributed by atoms with E-state index in [2.05, 4.69) is 14.8 Å². The molecule has 33 heavy (non-hydrogen) atoms. The summed E-state index contributed by atoms with van der Waals surface area (Å²) >= 11 is 6.32. The van der Waals surface area contributed by atoms with E-state index < -0.39 is 5.60 Å². The summed E-state index contributed by atoms with van der Waals surface area (Å²) < 4.78 is 13.7. The molecule has 1 aromatic heterocycles. The smallest absolute Gasteiger partial charge is 0.411 e. The maximum Gasteiger partial charge on any atom is 0.411 e. The van der Waals surface area contributed by atoms with E-state index in [4.69, 9.17) is 21.1 Å². The van der Waals surface area contributed by atoms with Gasteiger partial charge in [0.2, 0.25) is 0 Å². The van der Waals surface area contributed by atoms with E-state index in [9.17, 15) is 9.90 Å². The topological polar surface area (TPSA) is 89.7 Å². The van der Waals surface area contributed by atoms with Crippen LogP contribution < -0.4 is 0 Å². The fraction of sp³-hybridized carbons (Fsp3) is 0.625. The van der Waals surface area contributed by atoms with Crippen molar-refractivity contribution in [1.82, 2.24) is 19.7 Å². The summed E-state index contributed by atoms with van der Waals surface area (Å²) in [6.07, 6.45) is 3.31. The lowest BCUT2D eigenvalue weighted by Gasteiger charge is -2.30. The predicted molar refractivity (Wildman–Crippen MR) is 124 cm³/mol. The van der Waals surface area contributed by atoms with Crippen molar-refractivity contribution in [3.05, 3.63) is 40.4 Å². The van der Waals surface area contributed by atoms with Crippen molar-refractivity contribution in [3.8, 4) is 5.69 Å². The highest BCUT2D eigenvalue weighted by Crippen LogP contribution is 2.37. The molecule has 2 aliphatic rings. The number of carbonyl (C=O) groups is 1. The lowest BCUT2D eigenvalue weighted by molar-refractivity contribution is -0.0460. The van der Waals surface area contributed by atoms with E-state index in [1.165, 1.54) is 0 Å². The molecule has 9 heteroatoms. The maximum atomic E-state index is 12.9. The van der Waals surface area contributed by atoms with E-state index in [1.54, 1.807) is 4.90 Å². The molecule has 2 heterocycles. The number of nitrogens with zero attached hydrogens (tertiary/aromatic N) is 4. The molecule has 0 spiro atoms. The molecule has 1 amide bonds. The Morgan fingerprint density at radius 3 is 2.61 bits per heavy atom. The Hall–Kier alpha value is -2.16. The fourth-order valence-corrected chi connectivity index (χ4v) is 4.77. The first-order valence-electron chi connectivity index (χ1n) is 11.6. The number of amides is 1. The lowest BCUT2D eigenvalue weighted by atomic mass is 9.86. The highest BCUT2D eigenvalue weighted by Gasteiger charge is 2.33. The van der Waals surface area contributed by atoms with Gasteiger partial charge in [0.15, 0.2) is 5.82 Å². The summed E-state index contributed by atoms with van der Waals surface area (Å²) in [5.74, 6) is 1.87. The van der Waals surface area contributed by atoms with Crippen LogP contribution in [-0.4, -0.2) is 55.3 Å². The van der Waals surface area contributed by atoms with Gasteiger partial charge < -0.3 is 14.6 Å². The maximum absolute atomic E-state index is 12.9. The van der Waals surface area contributed by atoms with Gasteiger partial charge in [-0.15, -0.1) is 10.2 Å². The predicted octanol–water partition coefficient (Wildman–Crippen LogP) is 4.60. The van der Waals surface area contributed by atoms with Crippen LogP contribution >= 0.6 is 11.6 Å². The third kappa shape index (κ3) is 5.50. The number of hydrogen-bond donors (Lipinski definition) is 1. The molecule has 0 saturated heterocycles. The second-order valence-electron chi connectivity index (χ2n) is 10.0. The van der Waals surface area contributed by atoms with Gasteiger partial charge >= 0.3 is 6.09 Å². The van der Waals surface area contributed by atoms with Crippen molar-refractivity contribution in [3.63, 3.8) is 0 Å². The number of halogens is 1. The largest absolute Gasteiger partial charge is 0.444 e. The molecule has 2 aromatic rings. The summed E-state index contributed by atoms with van der Waals surface area (Å²) in [5, 5.41) is 19.0. The van der Waals surface area contributed by atoms with Crippen molar-refractivity contribution < 1.29 is 19.4 Å². The molecule has 1 aromatic carbocycles. The number of aliphatic hydroxyl groups excluding tert-OH is 1. The third-order valence-electron chi connectivity index (χ3n) is 6.10.